The third-order valence-corrected chi connectivity index (χ3v) is 3.86. The van der Waals surface area contributed by atoms with Gasteiger partial charge in [0.1, 0.15) is 0 Å². The third-order valence-electron chi connectivity index (χ3n) is 3.63. The molecule has 4 heteroatoms. The van der Waals surface area contributed by atoms with Gasteiger partial charge in [-0.15, -0.1) is 0 Å². The second kappa shape index (κ2) is 4.90. The van der Waals surface area contributed by atoms with E-state index in [0.29, 0.717) is 6.61 Å². The van der Waals surface area contributed by atoms with E-state index in [1.165, 1.54) is 0 Å². The van der Waals surface area contributed by atoms with Gasteiger partial charge in [-0.3, -0.25) is 4.79 Å². The van der Waals surface area contributed by atoms with Crippen LogP contribution in [0.1, 0.15) is 30.9 Å². The predicted octanol–water partition coefficient (Wildman–Crippen LogP) is 2.79. The van der Waals surface area contributed by atoms with Gasteiger partial charge in [0.25, 0.3) is 5.91 Å². The Morgan fingerprint density at radius 3 is 2.94 bits per heavy atom. The first-order valence-corrected chi connectivity index (χ1v) is 6.81. The number of nitrogens with zero attached hydrogens (tertiary/aromatic N) is 1. The fourth-order valence-corrected chi connectivity index (χ4v) is 2.83. The van der Waals surface area contributed by atoms with Crippen LogP contribution in [0.15, 0.2) is 24.3 Å². The predicted molar refractivity (Wildman–Crippen MR) is 69.5 cm³/mol. The first-order valence-electron chi connectivity index (χ1n) is 6.43. The molecule has 2 aliphatic rings. The van der Waals surface area contributed by atoms with Crippen molar-refractivity contribution in [3.8, 4) is 0 Å². The number of amides is 1. The van der Waals surface area contributed by atoms with Crippen molar-refractivity contribution in [2.45, 2.75) is 31.4 Å². The van der Waals surface area contributed by atoms with E-state index < -0.39 is 0 Å². The molecular weight excluding hydrogens is 250 g/mol. The lowest BCUT2D eigenvalue weighted by atomic mass is 9.95. The van der Waals surface area contributed by atoms with Gasteiger partial charge in [-0.1, -0.05) is 23.7 Å². The summed E-state index contributed by atoms with van der Waals surface area (Å²) in [6.07, 6.45) is 3.06. The standard InChI is InChI=1S/C14H16ClNO2/c15-11-5-3-4-10(8-11)12-6-1-2-7-16(12)14(17)13-9-18-13/h3-5,8,12-13H,1-2,6-7,9H2. The molecule has 2 heterocycles. The first kappa shape index (κ1) is 12.0. The Morgan fingerprint density at radius 1 is 1.39 bits per heavy atom. The van der Waals surface area contributed by atoms with Crippen LogP contribution in [-0.2, 0) is 9.53 Å². The van der Waals surface area contributed by atoms with Gasteiger partial charge in [0, 0.05) is 11.6 Å². The second-order valence-corrected chi connectivity index (χ2v) is 5.36. The fourth-order valence-electron chi connectivity index (χ4n) is 2.63. The molecule has 0 aromatic heterocycles. The molecule has 3 rings (SSSR count). The van der Waals surface area contributed by atoms with Crippen molar-refractivity contribution in [2.75, 3.05) is 13.2 Å². The van der Waals surface area contributed by atoms with E-state index in [1.807, 2.05) is 23.1 Å². The first-order chi connectivity index (χ1) is 8.75. The summed E-state index contributed by atoms with van der Waals surface area (Å²) >= 11 is 6.04. The maximum absolute atomic E-state index is 12.2. The largest absolute Gasteiger partial charge is 0.363 e. The average Bonchev–Trinajstić information content (AvgIpc) is 3.22. The molecule has 2 fully saturated rings. The zero-order valence-corrected chi connectivity index (χ0v) is 10.9. The minimum Gasteiger partial charge on any atom is -0.363 e. The highest BCUT2D eigenvalue weighted by Crippen LogP contribution is 2.33. The molecule has 3 nitrogen and oxygen atoms in total. The van der Waals surface area contributed by atoms with E-state index in [4.69, 9.17) is 16.3 Å². The van der Waals surface area contributed by atoms with E-state index in [9.17, 15) is 4.79 Å². The van der Waals surface area contributed by atoms with Crippen LogP contribution < -0.4 is 0 Å². The van der Waals surface area contributed by atoms with Gasteiger partial charge in [0.05, 0.1) is 12.6 Å². The number of halogens is 1. The third kappa shape index (κ3) is 2.38. The van der Waals surface area contributed by atoms with Gasteiger partial charge in [0.2, 0.25) is 0 Å². The number of rotatable bonds is 2. The van der Waals surface area contributed by atoms with Crippen LogP contribution in [0.4, 0.5) is 0 Å². The van der Waals surface area contributed by atoms with E-state index in [0.717, 1.165) is 36.4 Å². The molecular formula is C14H16ClNO2. The number of hydrogen-bond acceptors (Lipinski definition) is 2. The highest BCUT2D eigenvalue weighted by Gasteiger charge is 2.39. The molecule has 0 radical (unpaired) electrons. The number of carbonyl (C=O) groups excluding carboxylic acids is 1. The summed E-state index contributed by atoms with van der Waals surface area (Å²) in [6.45, 7) is 1.41. The van der Waals surface area contributed by atoms with Crippen LogP contribution in [-0.4, -0.2) is 30.1 Å². The highest BCUT2D eigenvalue weighted by atomic mass is 35.5. The van der Waals surface area contributed by atoms with Crippen molar-refractivity contribution in [1.82, 2.24) is 4.90 Å². The average molecular weight is 266 g/mol. The lowest BCUT2D eigenvalue weighted by molar-refractivity contribution is -0.136. The van der Waals surface area contributed by atoms with E-state index in [1.54, 1.807) is 0 Å². The smallest absolute Gasteiger partial charge is 0.254 e. The van der Waals surface area contributed by atoms with Crippen molar-refractivity contribution in [3.05, 3.63) is 34.9 Å². The topological polar surface area (TPSA) is 32.8 Å². The number of epoxide rings is 1. The van der Waals surface area contributed by atoms with Crippen molar-refractivity contribution in [1.29, 1.82) is 0 Å². The molecule has 0 bridgehead atoms. The number of hydrogen-bond donors (Lipinski definition) is 0. The molecule has 1 amide bonds. The van der Waals surface area contributed by atoms with Gasteiger partial charge in [-0.05, 0) is 37.0 Å². The summed E-state index contributed by atoms with van der Waals surface area (Å²) in [5.74, 6) is 0.139. The van der Waals surface area contributed by atoms with Crippen molar-refractivity contribution < 1.29 is 9.53 Å². The zero-order chi connectivity index (χ0) is 12.5. The number of likely N-dealkylation sites (tertiary alicyclic amines) is 1. The maximum atomic E-state index is 12.2. The minimum atomic E-state index is -0.190. The van der Waals surface area contributed by atoms with Crippen LogP contribution in [0.2, 0.25) is 5.02 Å². The molecule has 0 N–H and O–H groups in total. The Morgan fingerprint density at radius 2 is 2.22 bits per heavy atom. The Balaban J connectivity index is 1.84. The normalized spacial score (nSPS) is 27.1. The Hall–Kier alpha value is -1.06. The molecule has 2 unspecified atom stereocenters. The Bertz CT molecular complexity index is 459. The molecule has 2 saturated heterocycles. The summed E-state index contributed by atoms with van der Waals surface area (Å²) in [7, 11) is 0. The van der Waals surface area contributed by atoms with Crippen molar-refractivity contribution in [2.24, 2.45) is 0 Å². The second-order valence-electron chi connectivity index (χ2n) is 4.92. The molecule has 18 heavy (non-hydrogen) atoms. The number of piperidine rings is 1. The molecule has 96 valence electrons. The lowest BCUT2D eigenvalue weighted by Gasteiger charge is -2.36. The Labute approximate surface area is 112 Å². The van der Waals surface area contributed by atoms with Gasteiger partial charge < -0.3 is 9.64 Å². The molecule has 2 atom stereocenters. The Kier molecular flexibility index (Phi) is 3.27. The molecule has 0 spiro atoms. The van der Waals surface area contributed by atoms with E-state index >= 15 is 0 Å². The van der Waals surface area contributed by atoms with Gasteiger partial charge in [0.15, 0.2) is 6.10 Å². The van der Waals surface area contributed by atoms with E-state index in [2.05, 4.69) is 6.07 Å². The number of carbonyl (C=O) groups is 1. The van der Waals surface area contributed by atoms with Crippen molar-refractivity contribution >= 4 is 17.5 Å². The lowest BCUT2D eigenvalue weighted by Crippen LogP contribution is -2.40. The van der Waals surface area contributed by atoms with Gasteiger partial charge >= 0.3 is 0 Å². The molecule has 0 aliphatic carbocycles. The van der Waals surface area contributed by atoms with Crippen molar-refractivity contribution in [3.63, 3.8) is 0 Å². The van der Waals surface area contributed by atoms with Crippen LogP contribution in [0.3, 0.4) is 0 Å². The van der Waals surface area contributed by atoms with Gasteiger partial charge in [-0.25, -0.2) is 0 Å². The molecule has 1 aromatic rings. The van der Waals surface area contributed by atoms with Crippen LogP contribution in [0.25, 0.3) is 0 Å². The molecule has 2 aliphatic heterocycles. The van der Waals surface area contributed by atoms with Gasteiger partial charge in [-0.2, -0.15) is 0 Å². The summed E-state index contributed by atoms with van der Waals surface area (Å²) in [6, 6.07) is 7.99. The quantitative estimate of drug-likeness (QED) is 0.771. The highest BCUT2D eigenvalue weighted by molar-refractivity contribution is 6.30. The summed E-state index contributed by atoms with van der Waals surface area (Å²) in [5.41, 5.74) is 1.14. The van der Waals surface area contributed by atoms with Crippen LogP contribution in [0.5, 0.6) is 0 Å². The number of benzene rings is 1. The number of ether oxygens (including phenoxy) is 1. The molecule has 1 aromatic carbocycles. The molecule has 0 saturated carbocycles. The minimum absolute atomic E-state index is 0.139. The van der Waals surface area contributed by atoms with E-state index in [-0.39, 0.29) is 18.1 Å². The summed E-state index contributed by atoms with van der Waals surface area (Å²) in [5, 5.41) is 0.730. The van der Waals surface area contributed by atoms with Crippen LogP contribution in [0, 0.1) is 0 Å². The SMILES string of the molecule is O=C(C1CO1)N1CCCCC1c1cccc(Cl)c1. The summed E-state index contributed by atoms with van der Waals surface area (Å²) in [4.78, 5) is 14.2. The van der Waals surface area contributed by atoms with Crippen LogP contribution >= 0.6 is 11.6 Å². The zero-order valence-electron chi connectivity index (χ0n) is 10.1. The maximum Gasteiger partial charge on any atom is 0.254 e. The summed E-state index contributed by atoms with van der Waals surface area (Å²) < 4.78 is 5.11. The monoisotopic (exact) mass is 265 g/mol. The fraction of sp³-hybridized carbons (Fsp3) is 0.500.